The number of carboxylic acids is 1. The van der Waals surface area contributed by atoms with Gasteiger partial charge in [-0.1, -0.05) is 103 Å². The molecular formula is C51H53N5O8S. The average Bonchev–Trinajstić information content (AvgIpc) is 3.84. The Morgan fingerprint density at radius 3 is 1.91 bits per heavy atom. The van der Waals surface area contributed by atoms with Crippen LogP contribution in [0.1, 0.15) is 53.7 Å². The van der Waals surface area contributed by atoms with Crippen LogP contribution in [-0.4, -0.2) is 82.5 Å². The fourth-order valence-electron chi connectivity index (χ4n) is 8.38. The molecule has 0 unspecified atom stereocenters. The molecule has 3 aliphatic heterocycles. The van der Waals surface area contributed by atoms with Crippen LogP contribution < -0.4 is 21.3 Å². The lowest BCUT2D eigenvalue weighted by Crippen LogP contribution is -2.57. The zero-order chi connectivity index (χ0) is 45.7. The highest BCUT2D eigenvalue weighted by Gasteiger charge is 2.36. The van der Waals surface area contributed by atoms with Gasteiger partial charge in [0.15, 0.2) is 5.78 Å². The second-order valence-corrected chi connectivity index (χ2v) is 17.8. The Bertz CT molecular complexity index is 2450. The van der Waals surface area contributed by atoms with Crippen LogP contribution >= 0.6 is 11.3 Å². The van der Waals surface area contributed by atoms with Gasteiger partial charge in [0, 0.05) is 61.7 Å². The number of rotatable bonds is 9. The highest BCUT2D eigenvalue weighted by atomic mass is 32.1. The predicted octanol–water partition coefficient (Wildman–Crippen LogP) is 5.77. The predicted molar refractivity (Wildman–Crippen MR) is 248 cm³/mol. The lowest BCUT2D eigenvalue weighted by atomic mass is 9.88. The van der Waals surface area contributed by atoms with Gasteiger partial charge in [0.2, 0.25) is 29.5 Å². The number of piperidine rings is 1. The molecule has 0 aliphatic carbocycles. The summed E-state index contributed by atoms with van der Waals surface area (Å²) >= 11 is 1.41. The first kappa shape index (κ1) is 46.1. The van der Waals surface area contributed by atoms with Crippen LogP contribution in [0.25, 0.3) is 11.1 Å². The third kappa shape index (κ3) is 13.1. The lowest BCUT2D eigenvalue weighted by molar-refractivity contribution is -0.147. The molecule has 5 amide bonds. The maximum atomic E-state index is 14.7. The summed E-state index contributed by atoms with van der Waals surface area (Å²) in [6, 6.07) is 33.7. The first-order valence-electron chi connectivity index (χ1n) is 22.0. The third-order valence-electron chi connectivity index (χ3n) is 11.9. The van der Waals surface area contributed by atoms with Gasteiger partial charge in [-0.3, -0.25) is 33.6 Å². The molecule has 5 aromatic rings. The van der Waals surface area contributed by atoms with Crippen molar-refractivity contribution >= 4 is 58.3 Å². The Morgan fingerprint density at radius 1 is 0.615 bits per heavy atom. The number of amides is 5. The van der Waals surface area contributed by atoms with Gasteiger partial charge in [-0.05, 0) is 77.1 Å². The minimum Gasteiger partial charge on any atom is -0.481 e. The molecule has 2 bridgehead atoms. The number of Topliss-reactive ketones (excluding diaryl/α,β-unsaturated/α-hetero) is 1. The highest BCUT2D eigenvalue weighted by molar-refractivity contribution is 7.09. The molecule has 4 heterocycles. The number of nitrogens with zero attached hydrogens (tertiary/aromatic N) is 1. The van der Waals surface area contributed by atoms with E-state index in [-0.39, 0.29) is 57.4 Å². The van der Waals surface area contributed by atoms with Gasteiger partial charge in [-0.15, -0.1) is 11.3 Å². The topological polar surface area (TPSA) is 191 Å². The molecule has 0 radical (unpaired) electrons. The minimum atomic E-state index is -1.21. The molecule has 4 aromatic carbocycles. The second kappa shape index (κ2) is 22.1. The Morgan fingerprint density at radius 2 is 1.23 bits per heavy atom. The molecule has 1 aromatic heterocycles. The number of likely N-dealkylation sites (tertiary alicyclic amines) is 1. The quantitative estimate of drug-likeness (QED) is 0.115. The van der Waals surface area contributed by atoms with E-state index in [4.69, 9.17) is 0 Å². The second-order valence-electron chi connectivity index (χ2n) is 16.8. The van der Waals surface area contributed by atoms with E-state index >= 15 is 0 Å². The Labute approximate surface area is 382 Å². The van der Waals surface area contributed by atoms with E-state index in [0.717, 1.165) is 27.1 Å². The summed E-state index contributed by atoms with van der Waals surface area (Å²) in [5, 5.41) is 23.1. The zero-order valence-corrected chi connectivity index (χ0v) is 36.8. The van der Waals surface area contributed by atoms with Crippen LogP contribution in [0, 0.1) is 11.8 Å². The smallest absolute Gasteiger partial charge is 0.308 e. The Hall–Kier alpha value is -6.93. The number of thiophene rings is 1. The molecule has 5 atom stereocenters. The maximum Gasteiger partial charge on any atom is 0.308 e. The van der Waals surface area contributed by atoms with Crippen LogP contribution in [0.5, 0.6) is 0 Å². The van der Waals surface area contributed by atoms with Gasteiger partial charge in [-0.25, -0.2) is 0 Å². The molecule has 1 fully saturated rings. The monoisotopic (exact) mass is 895 g/mol. The van der Waals surface area contributed by atoms with Crippen molar-refractivity contribution in [2.45, 2.75) is 75.9 Å². The summed E-state index contributed by atoms with van der Waals surface area (Å²) in [6.45, 7) is 0.369. The molecule has 65 heavy (non-hydrogen) atoms. The SMILES string of the molecule is O=C1CCC(=O)N[C@H](Cc2cccs2)C(=O)N[C@@H](Cc2ccc(-c3ccccc3)cc2)C(=O)N[C@H](Cc2ccccc2)C(=O)C[C@H](C(=O)N2CCC[C@@H](C(=O)O)C2)Cc2ccc(cc2)N1. The number of carboxylic acid groups (broad SMARTS) is 1. The first-order valence-corrected chi connectivity index (χ1v) is 22.9. The molecule has 14 heteroatoms. The fourth-order valence-corrected chi connectivity index (χ4v) is 9.13. The van der Waals surface area contributed by atoms with Crippen LogP contribution in [0.2, 0.25) is 0 Å². The first-order chi connectivity index (χ1) is 31.5. The number of hydrogen-bond donors (Lipinski definition) is 5. The van der Waals surface area contributed by atoms with E-state index in [1.54, 1.807) is 24.3 Å². The van der Waals surface area contributed by atoms with Crippen molar-refractivity contribution in [3.63, 3.8) is 0 Å². The van der Waals surface area contributed by atoms with Crippen molar-refractivity contribution in [3.05, 3.63) is 148 Å². The number of ketones is 1. The van der Waals surface area contributed by atoms with Gasteiger partial charge in [0.1, 0.15) is 12.1 Å². The Kier molecular flexibility index (Phi) is 15.7. The van der Waals surface area contributed by atoms with E-state index in [1.165, 1.54) is 16.2 Å². The zero-order valence-electron chi connectivity index (χ0n) is 35.9. The molecule has 13 nitrogen and oxygen atoms in total. The molecule has 0 saturated carbocycles. The van der Waals surface area contributed by atoms with Crippen LogP contribution in [0.4, 0.5) is 5.69 Å². The molecule has 5 N–H and O–H groups in total. The van der Waals surface area contributed by atoms with Crippen molar-refractivity contribution in [3.8, 4) is 11.1 Å². The maximum absolute atomic E-state index is 14.7. The van der Waals surface area contributed by atoms with Crippen molar-refractivity contribution in [2.75, 3.05) is 18.4 Å². The van der Waals surface area contributed by atoms with Crippen molar-refractivity contribution in [1.82, 2.24) is 20.9 Å². The number of carbonyl (C=O) groups is 7. The minimum absolute atomic E-state index is 0.0204. The average molecular weight is 896 g/mol. The summed E-state index contributed by atoms with van der Waals surface area (Å²) in [5.74, 6) is -5.61. The molecule has 8 rings (SSSR count). The van der Waals surface area contributed by atoms with Crippen molar-refractivity contribution in [2.24, 2.45) is 11.8 Å². The van der Waals surface area contributed by atoms with Crippen LogP contribution in [-0.2, 0) is 59.2 Å². The van der Waals surface area contributed by atoms with Crippen LogP contribution in [0.3, 0.4) is 0 Å². The number of benzene rings is 4. The molecule has 3 aliphatic rings. The van der Waals surface area contributed by atoms with E-state index in [2.05, 4.69) is 21.3 Å². The molecule has 336 valence electrons. The molecule has 0 spiro atoms. The summed E-state index contributed by atoms with van der Waals surface area (Å²) in [7, 11) is 0. The molecule has 1 saturated heterocycles. The van der Waals surface area contributed by atoms with Crippen molar-refractivity contribution < 1.29 is 38.7 Å². The summed E-state index contributed by atoms with van der Waals surface area (Å²) in [5.41, 5.74) is 4.61. The highest BCUT2D eigenvalue weighted by Crippen LogP contribution is 2.25. The van der Waals surface area contributed by atoms with Crippen molar-refractivity contribution in [1.29, 1.82) is 0 Å². The fraction of sp³-hybridized carbons (Fsp3) is 0.314. The van der Waals surface area contributed by atoms with Gasteiger partial charge in [0.25, 0.3) is 0 Å². The largest absolute Gasteiger partial charge is 0.481 e. The third-order valence-corrected chi connectivity index (χ3v) is 12.8. The number of carbonyl (C=O) groups excluding carboxylic acids is 6. The Balaban J connectivity index is 1.24. The van der Waals surface area contributed by atoms with Crippen LogP contribution in [0.15, 0.2) is 127 Å². The standard InChI is InChI=1S/C51H53N5O8S/c57-45-30-39(50(62)56-25-7-13-38(32-56)51(63)64)27-34-17-21-40(22-18-34)52-46(58)23-24-47(59)53-44(31-41-14-8-26-65-41)49(61)55-43(48(60)54-42(45)28-33-9-3-1-4-10-33)29-35-15-19-37(20-16-35)36-11-5-2-6-12-36/h1-6,8-12,14-22,26,38-39,42-44H,7,13,23-25,27-32H2,(H,52,58)(H,53,59)(H,54,60)(H,55,61)(H,63,64)/t38-,39-,42-,43+,44-/m1/s1. The summed E-state index contributed by atoms with van der Waals surface area (Å²) < 4.78 is 0. The number of anilines is 1. The van der Waals surface area contributed by atoms with Gasteiger partial charge in [-0.2, -0.15) is 0 Å². The van der Waals surface area contributed by atoms with E-state index < -0.39 is 65.3 Å². The number of hydrogen-bond acceptors (Lipinski definition) is 8. The van der Waals surface area contributed by atoms with E-state index in [1.807, 2.05) is 102 Å². The van der Waals surface area contributed by atoms with Gasteiger partial charge in [0.05, 0.1) is 12.0 Å². The summed E-state index contributed by atoms with van der Waals surface area (Å²) in [4.78, 5) is 99.0. The summed E-state index contributed by atoms with van der Waals surface area (Å²) in [6.07, 6.45) is 0.685. The van der Waals surface area contributed by atoms with Gasteiger partial charge < -0.3 is 31.3 Å². The number of aliphatic carboxylic acids is 1. The normalized spacial score (nSPS) is 21.6. The number of nitrogens with one attached hydrogen (secondary N) is 4. The number of fused-ring (bicyclic) bond motifs is 18. The molecular weight excluding hydrogens is 843 g/mol. The van der Waals surface area contributed by atoms with E-state index in [0.29, 0.717) is 30.6 Å². The van der Waals surface area contributed by atoms with E-state index in [9.17, 15) is 38.7 Å². The lowest BCUT2D eigenvalue weighted by Gasteiger charge is -2.34. The van der Waals surface area contributed by atoms with Gasteiger partial charge >= 0.3 is 5.97 Å².